The smallest absolute Gasteiger partial charge is 0.207 e. The predicted octanol–water partition coefficient (Wildman–Crippen LogP) is 5.13. The first-order valence-electron chi connectivity index (χ1n) is 11.1. The molecule has 0 N–H and O–H groups in total. The largest absolute Gasteiger partial charge is 0.489 e. The highest BCUT2D eigenvalue weighted by Gasteiger charge is 2.70. The van der Waals surface area contributed by atoms with Crippen LogP contribution in [0, 0.1) is 27.6 Å². The summed E-state index contributed by atoms with van der Waals surface area (Å²) in [6.45, 7) is 9.00. The molecule has 1 aromatic rings. The fourth-order valence-corrected chi connectivity index (χ4v) is 7.98. The summed E-state index contributed by atoms with van der Waals surface area (Å²) < 4.78 is 11.5. The zero-order valence-electron chi connectivity index (χ0n) is 18.1. The molecule has 0 saturated heterocycles. The molecule has 1 saturated carbocycles. The van der Waals surface area contributed by atoms with E-state index < -0.39 is 10.8 Å². The lowest BCUT2D eigenvalue weighted by atomic mass is 9.41. The number of ether oxygens (including phenoxy) is 1. The van der Waals surface area contributed by atoms with E-state index in [0.29, 0.717) is 18.3 Å². The number of fused-ring (bicyclic) bond motifs is 4. The maximum absolute atomic E-state index is 14.1. The van der Waals surface area contributed by atoms with Crippen LogP contribution in [0.5, 0.6) is 0 Å². The highest BCUT2D eigenvalue weighted by molar-refractivity contribution is 6.09. The van der Waals surface area contributed by atoms with Gasteiger partial charge in [-0.1, -0.05) is 24.6 Å². The lowest BCUT2D eigenvalue weighted by Crippen LogP contribution is -2.60. The van der Waals surface area contributed by atoms with E-state index in [-0.39, 0.29) is 28.3 Å². The average Bonchev–Trinajstić information content (AvgIpc) is 3.41. The second-order valence-corrected chi connectivity index (χ2v) is 10.8. The number of carbonyl (C=O) groups is 2. The number of rotatable bonds is 1. The van der Waals surface area contributed by atoms with Crippen molar-refractivity contribution in [2.45, 2.75) is 52.9 Å². The topological polar surface area (TPSA) is 56.5 Å². The zero-order valence-corrected chi connectivity index (χ0v) is 18.1. The van der Waals surface area contributed by atoms with E-state index in [1.165, 1.54) is 11.1 Å². The number of furan rings is 1. The number of hydrogen-bond acceptors (Lipinski definition) is 4. The molecule has 1 fully saturated rings. The van der Waals surface area contributed by atoms with Gasteiger partial charge in [0.1, 0.15) is 6.61 Å². The first kappa shape index (κ1) is 18.4. The Bertz CT molecular complexity index is 1090. The van der Waals surface area contributed by atoms with Crippen LogP contribution in [0.1, 0.15) is 58.4 Å². The summed E-state index contributed by atoms with van der Waals surface area (Å²) in [4.78, 5) is 27.5. The first-order chi connectivity index (χ1) is 14.2. The van der Waals surface area contributed by atoms with Crippen LogP contribution in [0.3, 0.4) is 0 Å². The van der Waals surface area contributed by atoms with Crippen LogP contribution >= 0.6 is 0 Å². The van der Waals surface area contributed by atoms with Gasteiger partial charge < -0.3 is 9.15 Å². The van der Waals surface area contributed by atoms with Crippen molar-refractivity contribution in [3.8, 4) is 0 Å². The van der Waals surface area contributed by atoms with Gasteiger partial charge in [-0.15, -0.1) is 0 Å². The molecule has 0 bridgehead atoms. The molecule has 156 valence electrons. The van der Waals surface area contributed by atoms with Crippen molar-refractivity contribution >= 4 is 11.6 Å². The van der Waals surface area contributed by atoms with E-state index in [9.17, 15) is 9.59 Å². The van der Waals surface area contributed by atoms with Crippen molar-refractivity contribution in [1.29, 1.82) is 0 Å². The van der Waals surface area contributed by atoms with Crippen LogP contribution in [0.25, 0.3) is 0 Å². The molecule has 0 spiro atoms. The van der Waals surface area contributed by atoms with Crippen molar-refractivity contribution in [3.63, 3.8) is 0 Å². The molecule has 4 heteroatoms. The Balaban J connectivity index is 1.55. The molecule has 6 rings (SSSR count). The monoisotopic (exact) mass is 404 g/mol. The summed E-state index contributed by atoms with van der Waals surface area (Å²) >= 11 is 0. The quantitative estimate of drug-likeness (QED) is 0.609. The second-order valence-electron chi connectivity index (χ2n) is 10.8. The van der Waals surface area contributed by atoms with Crippen molar-refractivity contribution in [2.75, 3.05) is 6.61 Å². The molecule has 1 aromatic heterocycles. The van der Waals surface area contributed by atoms with E-state index in [4.69, 9.17) is 9.15 Å². The molecule has 0 amide bonds. The average molecular weight is 405 g/mol. The summed E-state index contributed by atoms with van der Waals surface area (Å²) in [5.41, 5.74) is 1.45. The summed E-state index contributed by atoms with van der Waals surface area (Å²) in [7, 11) is 0. The van der Waals surface area contributed by atoms with Crippen molar-refractivity contribution in [2.24, 2.45) is 27.6 Å². The first-order valence-corrected chi connectivity index (χ1v) is 11.1. The molecule has 6 atom stereocenters. The van der Waals surface area contributed by atoms with E-state index in [1.54, 1.807) is 12.3 Å². The van der Waals surface area contributed by atoms with Gasteiger partial charge in [-0.2, -0.15) is 0 Å². The summed E-state index contributed by atoms with van der Waals surface area (Å²) in [5.74, 6) is 0.925. The lowest BCUT2D eigenvalue weighted by molar-refractivity contribution is -0.141. The Morgan fingerprint density at radius 3 is 2.63 bits per heavy atom. The maximum Gasteiger partial charge on any atom is 0.207 e. The highest BCUT2D eigenvalue weighted by Crippen LogP contribution is 2.72. The fourth-order valence-electron chi connectivity index (χ4n) is 7.98. The molecule has 0 radical (unpaired) electrons. The van der Waals surface area contributed by atoms with Gasteiger partial charge in [0.05, 0.1) is 23.4 Å². The van der Waals surface area contributed by atoms with Gasteiger partial charge in [-0.25, -0.2) is 0 Å². The lowest BCUT2D eigenvalue weighted by Gasteiger charge is -2.59. The summed E-state index contributed by atoms with van der Waals surface area (Å²) in [5, 5.41) is 0. The molecule has 0 unspecified atom stereocenters. The number of allylic oxidation sites excluding steroid dienone is 4. The molecule has 0 aromatic carbocycles. The second kappa shape index (κ2) is 5.27. The van der Waals surface area contributed by atoms with Gasteiger partial charge in [-0.3, -0.25) is 9.59 Å². The standard InChI is InChI=1S/C26H28O4/c1-23-10-8-19(27)26(4)18-7-11-24(2)16(15-9-12-29-13-15)5-6-17(24)25(18,3)22(28)20(21(23)26)30-14-23/h6,8-10,12-13,16,18H,5,7,11,14H2,1-4H3/t16-,18-,23+,24-,25-,26-/m0/s1. The van der Waals surface area contributed by atoms with Gasteiger partial charge in [0, 0.05) is 11.0 Å². The molecular formula is C26H28O4. The van der Waals surface area contributed by atoms with Gasteiger partial charge >= 0.3 is 0 Å². The number of ketones is 2. The van der Waals surface area contributed by atoms with Crippen LogP contribution in [-0.2, 0) is 14.3 Å². The number of carbonyl (C=O) groups excluding carboxylic acids is 2. The minimum absolute atomic E-state index is 0.0443. The predicted molar refractivity (Wildman–Crippen MR) is 111 cm³/mol. The van der Waals surface area contributed by atoms with E-state index in [2.05, 4.69) is 33.8 Å². The van der Waals surface area contributed by atoms with Crippen molar-refractivity contribution in [1.82, 2.24) is 0 Å². The Kier molecular flexibility index (Phi) is 3.24. The Hall–Kier alpha value is -2.36. The minimum atomic E-state index is -0.717. The number of Topliss-reactive ketones (excluding diaryl/α,β-unsaturated/α-hetero) is 1. The van der Waals surface area contributed by atoms with E-state index >= 15 is 0 Å². The van der Waals surface area contributed by atoms with Crippen LogP contribution in [0.15, 0.2) is 58.1 Å². The van der Waals surface area contributed by atoms with Crippen molar-refractivity contribution in [3.05, 3.63) is 59.3 Å². The maximum atomic E-state index is 14.1. The van der Waals surface area contributed by atoms with Gasteiger partial charge in [0.15, 0.2) is 11.5 Å². The van der Waals surface area contributed by atoms with E-state index in [1.807, 2.05) is 18.4 Å². The number of hydrogen-bond donors (Lipinski definition) is 0. The third-order valence-electron chi connectivity index (χ3n) is 9.42. The van der Waals surface area contributed by atoms with Gasteiger partial charge in [0.25, 0.3) is 0 Å². The third kappa shape index (κ3) is 1.78. The van der Waals surface area contributed by atoms with Crippen LogP contribution in [-0.4, -0.2) is 18.2 Å². The summed E-state index contributed by atoms with van der Waals surface area (Å²) in [6.07, 6.45) is 12.3. The molecule has 4 nitrogen and oxygen atoms in total. The molecule has 5 aliphatic rings. The molecule has 30 heavy (non-hydrogen) atoms. The molecule has 4 aliphatic carbocycles. The van der Waals surface area contributed by atoms with Crippen LogP contribution in [0.2, 0.25) is 0 Å². The van der Waals surface area contributed by atoms with Gasteiger partial charge in [0.2, 0.25) is 5.78 Å². The molecule has 1 aliphatic heterocycles. The van der Waals surface area contributed by atoms with Gasteiger partial charge in [-0.05, 0) is 75.0 Å². The minimum Gasteiger partial charge on any atom is -0.489 e. The molecule has 2 heterocycles. The SMILES string of the molecule is C[C@@]12C(=O)C3=C4[C@](C)(C(=O)C=C[C@]4(C)CO3)[C@H]1CC[C@]1(C)C2=CC[C@H]1c1ccoc1. The van der Waals surface area contributed by atoms with Crippen molar-refractivity contribution < 1.29 is 18.7 Å². The zero-order chi connectivity index (χ0) is 21.1. The Morgan fingerprint density at radius 1 is 1.10 bits per heavy atom. The fraction of sp³-hybridized carbons (Fsp3) is 0.538. The normalized spacial score (nSPS) is 46.3. The third-order valence-corrected chi connectivity index (χ3v) is 9.42. The van der Waals surface area contributed by atoms with E-state index in [0.717, 1.165) is 24.8 Å². The van der Waals surface area contributed by atoms with Crippen LogP contribution in [0.4, 0.5) is 0 Å². The summed E-state index contributed by atoms with van der Waals surface area (Å²) in [6, 6.07) is 2.05. The van der Waals surface area contributed by atoms with Crippen LogP contribution < -0.4 is 0 Å². The Labute approximate surface area is 177 Å². The Morgan fingerprint density at radius 2 is 1.90 bits per heavy atom. The highest BCUT2D eigenvalue weighted by atomic mass is 16.5. The molecular weight excluding hydrogens is 376 g/mol.